The number of amides is 1. The molecule has 38 heavy (non-hydrogen) atoms. The summed E-state index contributed by atoms with van der Waals surface area (Å²) in [6, 6.07) is 10.5. The minimum Gasteiger partial charge on any atom is -0.493 e. The van der Waals surface area contributed by atoms with Gasteiger partial charge in [-0.3, -0.25) is 4.79 Å². The molecular weight excluding hydrogens is 504 g/mol. The van der Waals surface area contributed by atoms with Crippen molar-refractivity contribution in [2.75, 3.05) is 70.2 Å². The van der Waals surface area contributed by atoms with Crippen LogP contribution in [0, 0.1) is 0 Å². The Kier molecular flexibility index (Phi) is 9.30. The standard InChI is InChI=1S/C28H38N4O5S/c1-4-30-16-18-31(19-17-30)25-11-10-23(38(34,35)32-14-6-5-7-15-32)21-24(25)29-28(33)13-9-22-8-12-26(36-2)27(20-22)37-3/h8-13,20-21H,4-7,14-19H2,1-3H3,(H,29,33). The van der Waals surface area contributed by atoms with Gasteiger partial charge < -0.3 is 24.6 Å². The first-order chi connectivity index (χ1) is 18.3. The molecular formula is C28H38N4O5S. The third-order valence-corrected chi connectivity index (χ3v) is 9.07. The van der Waals surface area contributed by atoms with E-state index in [2.05, 4.69) is 22.0 Å². The second-order valence-electron chi connectivity index (χ2n) is 9.50. The maximum Gasteiger partial charge on any atom is 0.248 e. The van der Waals surface area contributed by atoms with Gasteiger partial charge in [0.15, 0.2) is 11.5 Å². The van der Waals surface area contributed by atoms with Crippen LogP contribution in [-0.4, -0.2) is 83.6 Å². The van der Waals surface area contributed by atoms with Crippen LogP contribution in [0.5, 0.6) is 11.5 Å². The lowest BCUT2D eigenvalue weighted by atomic mass is 10.1. The van der Waals surface area contributed by atoms with E-state index in [1.54, 1.807) is 48.9 Å². The van der Waals surface area contributed by atoms with Gasteiger partial charge in [-0.05, 0) is 61.4 Å². The van der Waals surface area contributed by atoms with Gasteiger partial charge in [-0.1, -0.05) is 19.4 Å². The van der Waals surface area contributed by atoms with Crippen molar-refractivity contribution >= 4 is 33.4 Å². The average Bonchev–Trinajstić information content (AvgIpc) is 2.96. The molecule has 2 aromatic carbocycles. The fourth-order valence-electron chi connectivity index (χ4n) is 4.91. The summed E-state index contributed by atoms with van der Waals surface area (Å²) in [5.41, 5.74) is 2.09. The van der Waals surface area contributed by atoms with Crippen molar-refractivity contribution in [2.24, 2.45) is 0 Å². The Bertz CT molecular complexity index is 1250. The quantitative estimate of drug-likeness (QED) is 0.484. The average molecular weight is 543 g/mol. The van der Waals surface area contributed by atoms with E-state index in [0.717, 1.165) is 63.2 Å². The SMILES string of the molecule is CCN1CCN(c2ccc(S(=O)(=O)N3CCCCC3)cc2NC(=O)C=Cc2ccc(OC)c(OC)c2)CC1. The third kappa shape index (κ3) is 6.48. The highest BCUT2D eigenvalue weighted by Crippen LogP contribution is 2.32. The van der Waals surface area contributed by atoms with Crippen molar-refractivity contribution < 1.29 is 22.7 Å². The topological polar surface area (TPSA) is 91.4 Å². The summed E-state index contributed by atoms with van der Waals surface area (Å²) in [5.74, 6) is 0.827. The van der Waals surface area contributed by atoms with E-state index in [9.17, 15) is 13.2 Å². The van der Waals surface area contributed by atoms with Crippen molar-refractivity contribution in [1.29, 1.82) is 0 Å². The fraction of sp³-hybridized carbons (Fsp3) is 0.464. The number of hydrogen-bond donors (Lipinski definition) is 1. The van der Waals surface area contributed by atoms with Crippen LogP contribution in [0.25, 0.3) is 6.08 Å². The third-order valence-electron chi connectivity index (χ3n) is 7.17. The number of hydrogen-bond acceptors (Lipinski definition) is 7. The molecule has 0 radical (unpaired) electrons. The number of sulfonamides is 1. The molecule has 4 rings (SSSR count). The fourth-order valence-corrected chi connectivity index (χ4v) is 6.46. The first kappa shape index (κ1) is 27.9. The largest absolute Gasteiger partial charge is 0.493 e. The van der Waals surface area contributed by atoms with Gasteiger partial charge in [0.05, 0.1) is 30.5 Å². The van der Waals surface area contributed by atoms with Gasteiger partial charge in [0, 0.05) is 45.3 Å². The van der Waals surface area contributed by atoms with E-state index in [-0.39, 0.29) is 10.8 Å². The molecule has 0 unspecified atom stereocenters. The van der Waals surface area contributed by atoms with Gasteiger partial charge >= 0.3 is 0 Å². The highest BCUT2D eigenvalue weighted by molar-refractivity contribution is 7.89. The minimum absolute atomic E-state index is 0.203. The van der Waals surface area contributed by atoms with Crippen LogP contribution >= 0.6 is 0 Å². The van der Waals surface area contributed by atoms with Crippen molar-refractivity contribution in [3.63, 3.8) is 0 Å². The number of piperidine rings is 1. The summed E-state index contributed by atoms with van der Waals surface area (Å²) in [7, 11) is -0.509. The molecule has 1 N–H and O–H groups in total. The van der Waals surface area contributed by atoms with Crippen LogP contribution in [-0.2, 0) is 14.8 Å². The van der Waals surface area contributed by atoms with Crippen LogP contribution < -0.4 is 19.7 Å². The molecule has 0 bridgehead atoms. The molecule has 206 valence electrons. The molecule has 2 fully saturated rings. The number of carbonyl (C=O) groups is 1. The second kappa shape index (κ2) is 12.6. The zero-order chi connectivity index (χ0) is 27.1. The number of anilines is 2. The molecule has 2 aliphatic rings. The zero-order valence-corrected chi connectivity index (χ0v) is 23.3. The molecule has 9 nitrogen and oxygen atoms in total. The summed E-state index contributed by atoms with van der Waals surface area (Å²) in [6.45, 7) is 7.62. The molecule has 1 amide bonds. The lowest BCUT2D eigenvalue weighted by molar-refractivity contribution is -0.111. The van der Waals surface area contributed by atoms with Crippen LogP contribution in [0.3, 0.4) is 0 Å². The summed E-state index contributed by atoms with van der Waals surface area (Å²) in [5, 5.41) is 2.95. The van der Waals surface area contributed by atoms with Crippen LogP contribution in [0.2, 0.25) is 0 Å². The smallest absolute Gasteiger partial charge is 0.248 e. The molecule has 2 heterocycles. The van der Waals surface area contributed by atoms with Gasteiger partial charge in [0.1, 0.15) is 0 Å². The molecule has 0 saturated carbocycles. The Morgan fingerprint density at radius 1 is 0.921 bits per heavy atom. The Balaban J connectivity index is 1.59. The lowest BCUT2D eigenvalue weighted by Crippen LogP contribution is -2.46. The second-order valence-corrected chi connectivity index (χ2v) is 11.4. The molecule has 0 aromatic heterocycles. The van der Waals surface area contributed by atoms with E-state index in [4.69, 9.17) is 9.47 Å². The normalized spacial score (nSPS) is 17.5. The van der Waals surface area contributed by atoms with E-state index in [0.29, 0.717) is 30.3 Å². The number of rotatable bonds is 9. The Labute approximate surface area is 226 Å². The monoisotopic (exact) mass is 542 g/mol. The lowest BCUT2D eigenvalue weighted by Gasteiger charge is -2.36. The van der Waals surface area contributed by atoms with Gasteiger partial charge in [0.25, 0.3) is 0 Å². The molecule has 0 atom stereocenters. The number of piperazine rings is 1. The van der Waals surface area contributed by atoms with Gasteiger partial charge in [-0.25, -0.2) is 8.42 Å². The van der Waals surface area contributed by atoms with Crippen LogP contribution in [0.15, 0.2) is 47.4 Å². The number of nitrogens with one attached hydrogen (secondary N) is 1. The van der Waals surface area contributed by atoms with Crippen molar-refractivity contribution in [2.45, 2.75) is 31.1 Å². The maximum absolute atomic E-state index is 13.4. The van der Waals surface area contributed by atoms with E-state index < -0.39 is 10.0 Å². The number of carbonyl (C=O) groups excluding carboxylic acids is 1. The van der Waals surface area contributed by atoms with Crippen LogP contribution in [0.1, 0.15) is 31.7 Å². The summed E-state index contributed by atoms with van der Waals surface area (Å²) < 4.78 is 38.9. The van der Waals surface area contributed by atoms with E-state index in [1.807, 2.05) is 12.1 Å². The summed E-state index contributed by atoms with van der Waals surface area (Å²) in [6.07, 6.45) is 5.90. The van der Waals surface area contributed by atoms with Gasteiger partial charge in [-0.15, -0.1) is 0 Å². The first-order valence-electron chi connectivity index (χ1n) is 13.2. The molecule has 10 heteroatoms. The number of likely N-dealkylation sites (N-methyl/N-ethyl adjacent to an activating group) is 1. The molecule has 2 aliphatic heterocycles. The maximum atomic E-state index is 13.4. The molecule has 2 saturated heterocycles. The molecule has 0 spiro atoms. The van der Waals surface area contributed by atoms with Crippen LogP contribution in [0.4, 0.5) is 11.4 Å². The number of ether oxygens (including phenoxy) is 2. The molecule has 0 aliphatic carbocycles. The van der Waals surface area contributed by atoms with E-state index >= 15 is 0 Å². The van der Waals surface area contributed by atoms with Gasteiger partial charge in [-0.2, -0.15) is 4.31 Å². The predicted molar refractivity (Wildman–Crippen MR) is 151 cm³/mol. The highest BCUT2D eigenvalue weighted by Gasteiger charge is 2.28. The number of methoxy groups -OCH3 is 2. The van der Waals surface area contributed by atoms with Crippen molar-refractivity contribution in [1.82, 2.24) is 9.21 Å². The number of nitrogens with zero attached hydrogens (tertiary/aromatic N) is 3. The molecule has 2 aromatic rings. The minimum atomic E-state index is -3.64. The zero-order valence-electron chi connectivity index (χ0n) is 22.5. The van der Waals surface area contributed by atoms with Crippen molar-refractivity contribution in [3.8, 4) is 11.5 Å². The Hall–Kier alpha value is -3.08. The number of benzene rings is 2. The Morgan fingerprint density at radius 3 is 2.29 bits per heavy atom. The van der Waals surface area contributed by atoms with Gasteiger partial charge in [0.2, 0.25) is 15.9 Å². The van der Waals surface area contributed by atoms with Crippen molar-refractivity contribution in [3.05, 3.63) is 48.0 Å². The highest BCUT2D eigenvalue weighted by atomic mass is 32.2. The first-order valence-corrected chi connectivity index (χ1v) is 14.6. The Morgan fingerprint density at radius 2 is 1.63 bits per heavy atom. The summed E-state index contributed by atoms with van der Waals surface area (Å²) >= 11 is 0. The predicted octanol–water partition coefficient (Wildman–Crippen LogP) is 3.67. The van der Waals surface area contributed by atoms with E-state index in [1.165, 1.54) is 6.08 Å². The summed E-state index contributed by atoms with van der Waals surface area (Å²) in [4.78, 5) is 17.8.